The second-order valence-electron chi connectivity index (χ2n) is 8.79. The third-order valence-electron chi connectivity index (χ3n) is 6.97. The van der Waals surface area contributed by atoms with Gasteiger partial charge in [0.2, 0.25) is 0 Å². The molecule has 0 amide bonds. The molecule has 0 saturated carbocycles. The molecule has 0 spiro atoms. The molecule has 0 atom stereocenters. The maximum Gasteiger partial charge on any atom is 0.0333 e. The fourth-order valence-electron chi connectivity index (χ4n) is 5.34. The first kappa shape index (κ1) is 20.2. The number of hydrogen-bond acceptors (Lipinski definition) is 0. The molecule has 0 N–H and O–H groups in total. The van der Waals surface area contributed by atoms with Crippen molar-refractivity contribution in [3.05, 3.63) is 118 Å². The molecule has 7 rings (SSSR count). The topological polar surface area (TPSA) is 0 Å². The van der Waals surface area contributed by atoms with Crippen LogP contribution < -0.4 is 0 Å². The molecular weight excluding hydrogens is 544 g/mol. The number of hydrogen-bond donors (Lipinski definition) is 0. The van der Waals surface area contributed by atoms with E-state index < -0.39 is 0 Å². The third kappa shape index (κ3) is 2.89. The Labute approximate surface area is 214 Å². The fourth-order valence-corrected chi connectivity index (χ4v) is 6.71. The van der Waals surface area contributed by atoms with Gasteiger partial charge in [0, 0.05) is 8.95 Å². The second-order valence-corrected chi connectivity index (χ2v) is 10.4. The number of benzene rings is 7. The first-order chi connectivity index (χ1) is 16.7. The van der Waals surface area contributed by atoms with Crippen molar-refractivity contribution in [1.29, 1.82) is 0 Å². The average Bonchev–Trinajstić information content (AvgIpc) is 2.91. The van der Waals surface area contributed by atoms with E-state index in [4.69, 9.17) is 0 Å². The van der Waals surface area contributed by atoms with Crippen LogP contribution in [0.4, 0.5) is 0 Å². The fraction of sp³-hybridized carbons (Fsp3) is 0. The van der Waals surface area contributed by atoms with Gasteiger partial charge >= 0.3 is 0 Å². The van der Waals surface area contributed by atoms with Crippen molar-refractivity contribution in [1.82, 2.24) is 0 Å². The quantitative estimate of drug-likeness (QED) is 0.138. The number of halogens is 2. The summed E-state index contributed by atoms with van der Waals surface area (Å²) in [6, 6.07) is 39.7. The zero-order chi connectivity index (χ0) is 22.8. The Balaban J connectivity index is 1.53. The van der Waals surface area contributed by atoms with E-state index >= 15 is 0 Å². The van der Waals surface area contributed by atoms with Gasteiger partial charge in [-0.2, -0.15) is 0 Å². The maximum absolute atomic E-state index is 3.90. The average molecular weight is 562 g/mol. The Morgan fingerprint density at radius 2 is 0.618 bits per heavy atom. The molecule has 0 saturated heterocycles. The van der Waals surface area contributed by atoms with Gasteiger partial charge in [-0.3, -0.25) is 0 Å². The van der Waals surface area contributed by atoms with Crippen LogP contribution in [0.1, 0.15) is 0 Å². The highest BCUT2D eigenvalue weighted by molar-refractivity contribution is 9.11. The minimum atomic E-state index is 1.14. The summed E-state index contributed by atoms with van der Waals surface area (Å²) in [6.45, 7) is 0. The van der Waals surface area contributed by atoms with Crippen LogP contribution in [0.15, 0.2) is 118 Å². The lowest BCUT2D eigenvalue weighted by molar-refractivity contribution is 1.67. The Kier molecular flexibility index (Phi) is 4.55. The van der Waals surface area contributed by atoms with Gasteiger partial charge in [-0.05, 0) is 109 Å². The van der Waals surface area contributed by atoms with Crippen LogP contribution in [-0.2, 0) is 0 Å². The SMILES string of the molecule is Brc1c2ccccc2c(Br)c2cc(-c3ccc4c5ccccc5c5ccccc5c4c3)ccc12. The van der Waals surface area contributed by atoms with Crippen molar-refractivity contribution in [2.45, 2.75) is 0 Å². The molecule has 7 aromatic rings. The van der Waals surface area contributed by atoms with E-state index in [-0.39, 0.29) is 0 Å². The van der Waals surface area contributed by atoms with E-state index in [0.717, 1.165) is 8.95 Å². The highest BCUT2D eigenvalue weighted by Crippen LogP contribution is 2.42. The first-order valence-corrected chi connectivity index (χ1v) is 12.9. The maximum atomic E-state index is 3.90. The summed E-state index contributed by atoms with van der Waals surface area (Å²) in [5.74, 6) is 0. The molecule has 34 heavy (non-hydrogen) atoms. The number of rotatable bonds is 1. The molecule has 0 heterocycles. The Hall–Kier alpha value is -3.20. The van der Waals surface area contributed by atoms with Gasteiger partial charge < -0.3 is 0 Å². The third-order valence-corrected chi connectivity index (χ3v) is 8.68. The van der Waals surface area contributed by atoms with Crippen LogP contribution in [0.3, 0.4) is 0 Å². The molecule has 7 aromatic carbocycles. The predicted octanol–water partition coefficient (Wildman–Crippen LogP) is 10.6. The Morgan fingerprint density at radius 1 is 0.294 bits per heavy atom. The molecule has 0 unspecified atom stereocenters. The molecule has 0 bridgehead atoms. The van der Waals surface area contributed by atoms with Crippen molar-refractivity contribution < 1.29 is 0 Å². The van der Waals surface area contributed by atoms with E-state index in [2.05, 4.69) is 141 Å². The summed E-state index contributed by atoms with van der Waals surface area (Å²) >= 11 is 7.76. The standard InChI is InChI=1S/C32H18Br2/c33-31-26-11-5-6-12-27(26)32(34)30-18-20(14-16-28(30)31)19-13-15-25-23-9-2-1-7-21(23)22-8-3-4-10-24(22)29(25)17-19/h1-18H. The van der Waals surface area contributed by atoms with Crippen LogP contribution in [0, 0.1) is 0 Å². The Morgan fingerprint density at radius 3 is 1.15 bits per heavy atom. The minimum Gasteiger partial charge on any atom is -0.0616 e. The zero-order valence-electron chi connectivity index (χ0n) is 18.1. The Bertz CT molecular complexity index is 1900. The summed E-state index contributed by atoms with van der Waals surface area (Å²) in [6.07, 6.45) is 0. The van der Waals surface area contributed by atoms with Crippen molar-refractivity contribution in [3.8, 4) is 11.1 Å². The van der Waals surface area contributed by atoms with E-state index in [9.17, 15) is 0 Å². The summed E-state index contributed by atoms with van der Waals surface area (Å²) < 4.78 is 2.28. The van der Waals surface area contributed by atoms with Crippen LogP contribution >= 0.6 is 31.9 Å². The van der Waals surface area contributed by atoms with Gasteiger partial charge in [0.05, 0.1) is 0 Å². The molecule has 0 aliphatic rings. The lowest BCUT2D eigenvalue weighted by Crippen LogP contribution is -1.87. The first-order valence-electron chi connectivity index (χ1n) is 11.3. The van der Waals surface area contributed by atoms with Gasteiger partial charge in [-0.25, -0.2) is 0 Å². The molecule has 160 valence electrons. The van der Waals surface area contributed by atoms with Gasteiger partial charge in [0.15, 0.2) is 0 Å². The highest BCUT2D eigenvalue weighted by atomic mass is 79.9. The predicted molar refractivity (Wildman–Crippen MR) is 155 cm³/mol. The van der Waals surface area contributed by atoms with Crippen molar-refractivity contribution in [2.24, 2.45) is 0 Å². The van der Waals surface area contributed by atoms with Crippen molar-refractivity contribution >= 4 is 85.7 Å². The normalized spacial score (nSPS) is 11.8. The minimum absolute atomic E-state index is 1.14. The van der Waals surface area contributed by atoms with E-state index in [1.54, 1.807) is 0 Å². The molecule has 0 radical (unpaired) electrons. The van der Waals surface area contributed by atoms with E-state index in [0.29, 0.717) is 0 Å². The molecule has 0 fully saturated rings. The largest absolute Gasteiger partial charge is 0.0616 e. The summed E-state index contributed by atoms with van der Waals surface area (Å²) in [5.41, 5.74) is 2.44. The monoisotopic (exact) mass is 560 g/mol. The van der Waals surface area contributed by atoms with Gasteiger partial charge in [0.1, 0.15) is 0 Å². The van der Waals surface area contributed by atoms with Gasteiger partial charge in [0.25, 0.3) is 0 Å². The summed E-state index contributed by atoms with van der Waals surface area (Å²) in [7, 11) is 0. The van der Waals surface area contributed by atoms with Gasteiger partial charge in [-0.1, -0.05) is 97.1 Å². The highest BCUT2D eigenvalue weighted by Gasteiger charge is 2.13. The van der Waals surface area contributed by atoms with Crippen molar-refractivity contribution in [2.75, 3.05) is 0 Å². The lowest BCUT2D eigenvalue weighted by atomic mass is 9.91. The zero-order valence-corrected chi connectivity index (χ0v) is 21.3. The lowest BCUT2D eigenvalue weighted by Gasteiger charge is -2.14. The molecular formula is C32H18Br2. The van der Waals surface area contributed by atoms with Gasteiger partial charge in [-0.15, -0.1) is 0 Å². The van der Waals surface area contributed by atoms with Crippen molar-refractivity contribution in [3.63, 3.8) is 0 Å². The number of fused-ring (bicyclic) bond motifs is 8. The van der Waals surface area contributed by atoms with Crippen LogP contribution in [-0.4, -0.2) is 0 Å². The molecule has 0 aromatic heterocycles. The van der Waals surface area contributed by atoms with E-state index in [1.807, 2.05) is 0 Å². The van der Waals surface area contributed by atoms with E-state index in [1.165, 1.54) is 65.0 Å². The smallest absolute Gasteiger partial charge is 0.0333 e. The molecule has 2 heteroatoms. The van der Waals surface area contributed by atoms with Crippen LogP contribution in [0.2, 0.25) is 0 Å². The summed E-state index contributed by atoms with van der Waals surface area (Å²) in [5, 5.41) is 12.7. The second kappa shape index (κ2) is 7.66. The van der Waals surface area contributed by atoms with Crippen LogP contribution in [0.5, 0.6) is 0 Å². The molecule has 0 aliphatic heterocycles. The summed E-state index contributed by atoms with van der Waals surface area (Å²) in [4.78, 5) is 0. The van der Waals surface area contributed by atoms with Crippen LogP contribution in [0.25, 0.3) is 65.0 Å². The molecule has 0 aliphatic carbocycles. The molecule has 0 nitrogen and oxygen atoms in total.